The van der Waals surface area contributed by atoms with Crippen LogP contribution in [0.15, 0.2) is 24.3 Å². The van der Waals surface area contributed by atoms with Crippen molar-refractivity contribution in [2.24, 2.45) is 0 Å². The molecule has 0 aliphatic carbocycles. The second kappa shape index (κ2) is 7.79. The van der Waals surface area contributed by atoms with Gasteiger partial charge in [-0.2, -0.15) is 0 Å². The van der Waals surface area contributed by atoms with E-state index < -0.39 is 0 Å². The molecule has 0 aromatic heterocycles. The molecule has 2 rings (SSSR count). The van der Waals surface area contributed by atoms with Crippen molar-refractivity contribution >= 4 is 6.09 Å². The van der Waals surface area contributed by atoms with Crippen molar-refractivity contribution in [3.05, 3.63) is 29.8 Å². The third kappa shape index (κ3) is 4.91. The van der Waals surface area contributed by atoms with Gasteiger partial charge in [0.25, 0.3) is 0 Å². The highest BCUT2D eigenvalue weighted by Crippen LogP contribution is 2.13. The van der Waals surface area contributed by atoms with Crippen molar-refractivity contribution in [1.29, 1.82) is 0 Å². The Hall–Kier alpha value is -1.55. The van der Waals surface area contributed by atoms with Crippen LogP contribution in [0.4, 0.5) is 4.79 Å². The fraction of sp³-hybridized carbons (Fsp3) is 0.533. The highest BCUT2D eigenvalue weighted by atomic mass is 16.6. The number of piperazine rings is 1. The van der Waals surface area contributed by atoms with Gasteiger partial charge in [-0.3, -0.25) is 0 Å². The molecule has 0 saturated carbocycles. The zero-order valence-corrected chi connectivity index (χ0v) is 12.3. The topological polar surface area (TPSA) is 32.8 Å². The molecule has 0 spiro atoms. The Morgan fingerprint density at radius 3 is 2.11 bits per heavy atom. The summed E-state index contributed by atoms with van der Waals surface area (Å²) in [6.45, 7) is 9.29. The summed E-state index contributed by atoms with van der Waals surface area (Å²) in [5.74, 6) is 0.611. The molecule has 0 unspecified atom stereocenters. The van der Waals surface area contributed by atoms with Crippen LogP contribution in [0.25, 0.3) is 0 Å². The average molecular weight is 264 g/mol. The number of carbonyl (C=O) groups is 1. The van der Waals surface area contributed by atoms with Gasteiger partial charge in [0.1, 0.15) is 5.75 Å². The van der Waals surface area contributed by atoms with E-state index in [1.54, 1.807) is 4.90 Å². The van der Waals surface area contributed by atoms with Crippen molar-refractivity contribution < 1.29 is 9.53 Å². The summed E-state index contributed by atoms with van der Waals surface area (Å²) in [4.78, 5) is 15.8. The zero-order valence-electron chi connectivity index (χ0n) is 12.3. The van der Waals surface area contributed by atoms with E-state index >= 15 is 0 Å². The first-order valence-corrected chi connectivity index (χ1v) is 6.87. The monoisotopic (exact) mass is 264 g/mol. The van der Waals surface area contributed by atoms with Gasteiger partial charge < -0.3 is 14.5 Å². The van der Waals surface area contributed by atoms with Crippen LogP contribution in [0.1, 0.15) is 19.4 Å². The molecule has 0 radical (unpaired) electrons. The van der Waals surface area contributed by atoms with Gasteiger partial charge in [-0.05, 0) is 26.1 Å². The van der Waals surface area contributed by atoms with Crippen LogP contribution in [0.5, 0.6) is 5.75 Å². The standard InChI is InChI=1S/C13H18N2O2.C2H6/c1-11-3-5-12(6-4-11)17-13(16)15-9-7-14(2)8-10-15;1-2/h3-6H,7-10H2,1-2H3;1-2H3. The molecule has 0 N–H and O–H groups in total. The minimum atomic E-state index is -0.248. The Bertz CT molecular complexity index is 382. The maximum absolute atomic E-state index is 11.8. The van der Waals surface area contributed by atoms with Gasteiger partial charge in [0.2, 0.25) is 0 Å². The Morgan fingerprint density at radius 1 is 1.05 bits per heavy atom. The zero-order chi connectivity index (χ0) is 14.3. The van der Waals surface area contributed by atoms with Crippen molar-refractivity contribution in [1.82, 2.24) is 9.80 Å². The largest absolute Gasteiger partial charge is 0.415 e. The number of rotatable bonds is 1. The summed E-state index contributed by atoms with van der Waals surface area (Å²) in [7, 11) is 2.06. The molecule has 1 aliphatic rings. The van der Waals surface area contributed by atoms with Crippen LogP contribution in [0.3, 0.4) is 0 Å². The normalized spacial score (nSPS) is 15.5. The van der Waals surface area contributed by atoms with Crippen LogP contribution >= 0.6 is 0 Å². The number of hydrogen-bond acceptors (Lipinski definition) is 3. The Kier molecular flexibility index (Phi) is 6.36. The first kappa shape index (κ1) is 15.5. The highest BCUT2D eigenvalue weighted by Gasteiger charge is 2.20. The summed E-state index contributed by atoms with van der Waals surface area (Å²) in [6, 6.07) is 7.52. The molecule has 4 nitrogen and oxygen atoms in total. The van der Waals surface area contributed by atoms with Gasteiger partial charge in [0.05, 0.1) is 0 Å². The lowest BCUT2D eigenvalue weighted by atomic mass is 10.2. The first-order chi connectivity index (χ1) is 9.15. The molecule has 1 aromatic rings. The molecule has 1 aromatic carbocycles. The quantitative estimate of drug-likeness (QED) is 0.782. The predicted molar refractivity (Wildman–Crippen MR) is 77.6 cm³/mol. The van der Waals surface area contributed by atoms with Crippen LogP contribution in [0, 0.1) is 6.92 Å². The Balaban J connectivity index is 0.000000861. The van der Waals surface area contributed by atoms with Gasteiger partial charge in [-0.15, -0.1) is 0 Å². The molecular formula is C15H24N2O2. The van der Waals surface area contributed by atoms with Crippen molar-refractivity contribution in [2.75, 3.05) is 33.2 Å². The number of carbonyl (C=O) groups excluding carboxylic acids is 1. The first-order valence-electron chi connectivity index (χ1n) is 6.87. The summed E-state index contributed by atoms with van der Waals surface area (Å²) in [5, 5.41) is 0. The number of benzene rings is 1. The van der Waals surface area contributed by atoms with Gasteiger partial charge in [-0.1, -0.05) is 31.5 Å². The summed E-state index contributed by atoms with van der Waals surface area (Å²) >= 11 is 0. The van der Waals surface area contributed by atoms with Crippen LogP contribution in [-0.2, 0) is 0 Å². The minimum Gasteiger partial charge on any atom is -0.410 e. The SMILES string of the molecule is CC.Cc1ccc(OC(=O)N2CCN(C)CC2)cc1. The molecule has 0 atom stereocenters. The molecular weight excluding hydrogens is 240 g/mol. The molecule has 1 heterocycles. The van der Waals surface area contributed by atoms with Crippen LogP contribution in [-0.4, -0.2) is 49.1 Å². The smallest absolute Gasteiger partial charge is 0.410 e. The number of likely N-dealkylation sites (N-methyl/N-ethyl adjacent to an activating group) is 1. The molecule has 19 heavy (non-hydrogen) atoms. The highest BCUT2D eigenvalue weighted by molar-refractivity contribution is 5.70. The molecule has 106 valence electrons. The van der Waals surface area contributed by atoms with E-state index in [0.29, 0.717) is 5.75 Å². The van der Waals surface area contributed by atoms with E-state index in [-0.39, 0.29) is 6.09 Å². The second-order valence-electron chi connectivity index (χ2n) is 4.47. The van der Waals surface area contributed by atoms with Crippen LogP contribution in [0.2, 0.25) is 0 Å². The maximum Gasteiger partial charge on any atom is 0.415 e. The fourth-order valence-corrected chi connectivity index (χ4v) is 1.76. The number of hydrogen-bond donors (Lipinski definition) is 0. The van der Waals surface area contributed by atoms with Gasteiger partial charge in [-0.25, -0.2) is 4.79 Å². The number of nitrogens with zero attached hydrogens (tertiary/aromatic N) is 2. The fourth-order valence-electron chi connectivity index (χ4n) is 1.76. The maximum atomic E-state index is 11.8. The van der Waals surface area contributed by atoms with E-state index in [1.165, 1.54) is 0 Å². The number of amides is 1. The van der Waals surface area contributed by atoms with Crippen molar-refractivity contribution in [3.63, 3.8) is 0 Å². The second-order valence-corrected chi connectivity index (χ2v) is 4.47. The number of aryl methyl sites for hydroxylation is 1. The van der Waals surface area contributed by atoms with E-state index in [1.807, 2.05) is 45.0 Å². The summed E-state index contributed by atoms with van der Waals surface area (Å²) in [6.07, 6.45) is -0.248. The average Bonchev–Trinajstić information content (AvgIpc) is 2.44. The van der Waals surface area contributed by atoms with E-state index in [0.717, 1.165) is 31.7 Å². The lowest BCUT2D eigenvalue weighted by Gasteiger charge is -2.31. The third-order valence-electron chi connectivity index (χ3n) is 2.99. The van der Waals surface area contributed by atoms with Crippen molar-refractivity contribution in [3.8, 4) is 5.75 Å². The summed E-state index contributed by atoms with van der Waals surface area (Å²) in [5.41, 5.74) is 1.16. The third-order valence-corrected chi connectivity index (χ3v) is 2.99. The molecule has 1 amide bonds. The van der Waals surface area contributed by atoms with E-state index in [9.17, 15) is 4.79 Å². The molecule has 1 fully saturated rings. The Morgan fingerprint density at radius 2 is 1.58 bits per heavy atom. The molecule has 1 aliphatic heterocycles. The lowest BCUT2D eigenvalue weighted by Crippen LogP contribution is -2.48. The van der Waals surface area contributed by atoms with Gasteiger partial charge in [0, 0.05) is 26.2 Å². The molecule has 1 saturated heterocycles. The number of ether oxygens (including phenoxy) is 1. The van der Waals surface area contributed by atoms with Gasteiger partial charge in [0.15, 0.2) is 0 Å². The van der Waals surface area contributed by atoms with Crippen LogP contribution < -0.4 is 4.74 Å². The Labute approximate surface area is 116 Å². The minimum absolute atomic E-state index is 0.248. The lowest BCUT2D eigenvalue weighted by molar-refractivity contribution is 0.120. The predicted octanol–water partition coefficient (Wildman–Crippen LogP) is 2.77. The molecule has 4 heteroatoms. The summed E-state index contributed by atoms with van der Waals surface area (Å²) < 4.78 is 5.31. The van der Waals surface area contributed by atoms with Gasteiger partial charge >= 0.3 is 6.09 Å². The van der Waals surface area contributed by atoms with E-state index in [4.69, 9.17) is 4.74 Å². The van der Waals surface area contributed by atoms with Crippen molar-refractivity contribution in [2.45, 2.75) is 20.8 Å². The van der Waals surface area contributed by atoms with E-state index in [2.05, 4.69) is 11.9 Å². The molecule has 0 bridgehead atoms.